The van der Waals surface area contributed by atoms with Crippen LogP contribution in [0.3, 0.4) is 0 Å². The number of nitrogens with one attached hydrogen (secondary N) is 1. The van der Waals surface area contributed by atoms with Crippen molar-refractivity contribution in [2.24, 2.45) is 0 Å². The topological polar surface area (TPSA) is 119 Å². The van der Waals surface area contributed by atoms with Gasteiger partial charge in [0, 0.05) is 30.7 Å². The molecule has 0 radical (unpaired) electrons. The Morgan fingerprint density at radius 2 is 1.89 bits per heavy atom. The van der Waals surface area contributed by atoms with Crippen molar-refractivity contribution in [2.45, 2.75) is 26.3 Å². The van der Waals surface area contributed by atoms with E-state index in [0.717, 1.165) is 5.56 Å². The lowest BCUT2D eigenvalue weighted by Gasteiger charge is -2.08. The molecule has 27 heavy (non-hydrogen) atoms. The first-order chi connectivity index (χ1) is 12.8. The van der Waals surface area contributed by atoms with Gasteiger partial charge in [0.25, 0.3) is 11.6 Å². The molecule has 2 rings (SSSR count). The fourth-order valence-electron chi connectivity index (χ4n) is 2.40. The molecule has 142 valence electrons. The highest BCUT2D eigenvalue weighted by Crippen LogP contribution is 2.17. The molecule has 0 atom stereocenters. The highest BCUT2D eigenvalue weighted by atomic mass is 16.6. The second-order valence-corrected chi connectivity index (χ2v) is 5.99. The second kappa shape index (κ2) is 9.33. The van der Waals surface area contributed by atoms with E-state index in [4.69, 9.17) is 9.84 Å². The maximum Gasteiger partial charge on any atom is 0.303 e. The van der Waals surface area contributed by atoms with Crippen LogP contribution >= 0.6 is 0 Å². The molecule has 0 saturated carbocycles. The van der Waals surface area contributed by atoms with Crippen LogP contribution in [0, 0.1) is 17.0 Å². The average molecular weight is 372 g/mol. The van der Waals surface area contributed by atoms with Crippen LogP contribution in [0.25, 0.3) is 0 Å². The third kappa shape index (κ3) is 6.43. The van der Waals surface area contributed by atoms with Crippen LogP contribution in [-0.4, -0.2) is 28.5 Å². The van der Waals surface area contributed by atoms with Gasteiger partial charge in [0.2, 0.25) is 0 Å². The lowest BCUT2D eigenvalue weighted by molar-refractivity contribution is -0.384. The molecular weight excluding hydrogens is 352 g/mol. The van der Waals surface area contributed by atoms with Crippen molar-refractivity contribution in [2.75, 3.05) is 6.61 Å². The Hall–Kier alpha value is -3.42. The number of amides is 1. The van der Waals surface area contributed by atoms with Gasteiger partial charge in [-0.1, -0.05) is 12.1 Å². The quantitative estimate of drug-likeness (QED) is 0.397. The number of aryl methyl sites for hydroxylation is 1. The first-order valence-electron chi connectivity index (χ1n) is 8.33. The highest BCUT2D eigenvalue weighted by Gasteiger charge is 2.13. The summed E-state index contributed by atoms with van der Waals surface area (Å²) in [5, 5.41) is 22.2. The molecule has 8 nitrogen and oxygen atoms in total. The number of ether oxygens (including phenoxy) is 1. The van der Waals surface area contributed by atoms with Crippen LogP contribution in [-0.2, 0) is 11.3 Å². The number of benzene rings is 2. The summed E-state index contributed by atoms with van der Waals surface area (Å²) < 4.78 is 5.44. The summed E-state index contributed by atoms with van der Waals surface area (Å²) in [4.78, 5) is 33.0. The molecular formula is C19H20N2O6. The Bertz CT molecular complexity index is 833. The average Bonchev–Trinajstić information content (AvgIpc) is 2.63. The lowest BCUT2D eigenvalue weighted by Crippen LogP contribution is -2.23. The lowest BCUT2D eigenvalue weighted by atomic mass is 10.1. The number of carboxylic acid groups (broad SMARTS) is 1. The number of nitro groups is 1. The number of nitro benzene ring substituents is 1. The van der Waals surface area contributed by atoms with E-state index in [9.17, 15) is 19.7 Å². The third-order valence-corrected chi connectivity index (χ3v) is 3.72. The number of hydrogen-bond donors (Lipinski definition) is 2. The zero-order chi connectivity index (χ0) is 19.8. The van der Waals surface area contributed by atoms with Gasteiger partial charge in [-0.25, -0.2) is 0 Å². The number of hydrogen-bond acceptors (Lipinski definition) is 5. The van der Waals surface area contributed by atoms with Gasteiger partial charge in [0.15, 0.2) is 0 Å². The van der Waals surface area contributed by atoms with Gasteiger partial charge < -0.3 is 15.2 Å². The van der Waals surface area contributed by atoms with Crippen molar-refractivity contribution in [3.8, 4) is 5.75 Å². The minimum atomic E-state index is -0.858. The molecule has 0 aromatic heterocycles. The summed E-state index contributed by atoms with van der Waals surface area (Å²) in [6.07, 6.45) is 0.483. The van der Waals surface area contributed by atoms with Gasteiger partial charge in [-0.05, 0) is 42.7 Å². The Balaban J connectivity index is 1.88. The summed E-state index contributed by atoms with van der Waals surface area (Å²) in [5.74, 6) is -0.635. The van der Waals surface area contributed by atoms with Crippen molar-refractivity contribution in [1.29, 1.82) is 0 Å². The molecule has 0 saturated heterocycles. The van der Waals surface area contributed by atoms with E-state index in [0.29, 0.717) is 24.3 Å². The number of non-ortho nitro benzene ring substituents is 1. The maximum atomic E-state index is 12.2. The Morgan fingerprint density at radius 3 is 2.52 bits per heavy atom. The Kier molecular flexibility index (Phi) is 6.87. The van der Waals surface area contributed by atoms with Crippen molar-refractivity contribution in [3.05, 3.63) is 69.3 Å². The van der Waals surface area contributed by atoms with Crippen molar-refractivity contribution >= 4 is 17.6 Å². The number of aliphatic carboxylic acids is 1. The molecule has 0 heterocycles. The van der Waals surface area contributed by atoms with E-state index in [1.165, 1.54) is 12.1 Å². The van der Waals surface area contributed by atoms with Gasteiger partial charge in [-0.15, -0.1) is 0 Å². The standard InChI is InChI=1S/C19H20N2O6/c1-13-9-15(11-16(10-13)21(25)26)19(24)20-12-14-4-6-17(7-5-14)27-8-2-3-18(22)23/h4-7,9-11H,2-3,8,12H2,1H3,(H,20,24)(H,22,23). The zero-order valence-electron chi connectivity index (χ0n) is 14.8. The van der Waals surface area contributed by atoms with Crippen molar-refractivity contribution < 1.29 is 24.4 Å². The molecule has 0 aliphatic heterocycles. The molecule has 0 fully saturated rings. The van der Waals surface area contributed by atoms with Crippen LogP contribution in [0.4, 0.5) is 5.69 Å². The molecule has 0 aliphatic rings. The summed E-state index contributed by atoms with van der Waals surface area (Å²) >= 11 is 0. The van der Waals surface area contributed by atoms with Gasteiger partial charge in [0.05, 0.1) is 11.5 Å². The number of rotatable bonds is 9. The minimum absolute atomic E-state index is 0.0568. The summed E-state index contributed by atoms with van der Waals surface area (Å²) in [5.41, 5.74) is 1.59. The smallest absolute Gasteiger partial charge is 0.303 e. The van der Waals surface area contributed by atoms with Gasteiger partial charge >= 0.3 is 5.97 Å². The van der Waals surface area contributed by atoms with E-state index in [2.05, 4.69) is 5.32 Å². The number of nitrogens with zero attached hydrogens (tertiary/aromatic N) is 1. The largest absolute Gasteiger partial charge is 0.494 e. The predicted molar refractivity (Wildman–Crippen MR) is 97.8 cm³/mol. The Morgan fingerprint density at radius 1 is 1.19 bits per heavy atom. The fraction of sp³-hybridized carbons (Fsp3) is 0.263. The first-order valence-corrected chi connectivity index (χ1v) is 8.33. The molecule has 2 N–H and O–H groups in total. The molecule has 2 aromatic rings. The molecule has 8 heteroatoms. The van der Waals surface area contributed by atoms with E-state index >= 15 is 0 Å². The van der Waals surface area contributed by atoms with E-state index in [1.807, 2.05) is 0 Å². The SMILES string of the molecule is Cc1cc(C(=O)NCc2ccc(OCCCC(=O)O)cc2)cc([N+](=O)[O-])c1. The fourth-order valence-corrected chi connectivity index (χ4v) is 2.40. The molecule has 0 unspecified atom stereocenters. The van der Waals surface area contributed by atoms with Crippen LogP contribution in [0.2, 0.25) is 0 Å². The predicted octanol–water partition coefficient (Wildman–Crippen LogP) is 3.08. The molecule has 0 spiro atoms. The monoisotopic (exact) mass is 372 g/mol. The van der Waals surface area contributed by atoms with Crippen LogP contribution < -0.4 is 10.1 Å². The maximum absolute atomic E-state index is 12.2. The molecule has 0 aliphatic carbocycles. The molecule has 2 aromatic carbocycles. The normalized spacial score (nSPS) is 10.3. The van der Waals surface area contributed by atoms with Crippen LogP contribution in [0.5, 0.6) is 5.75 Å². The number of carbonyl (C=O) groups is 2. The van der Waals surface area contributed by atoms with E-state index in [-0.39, 0.29) is 24.2 Å². The number of carboxylic acids is 1. The van der Waals surface area contributed by atoms with Gasteiger partial charge in [0.1, 0.15) is 5.75 Å². The summed E-state index contributed by atoms with van der Waals surface area (Å²) in [6, 6.07) is 11.3. The van der Waals surface area contributed by atoms with E-state index in [1.54, 1.807) is 37.3 Å². The third-order valence-electron chi connectivity index (χ3n) is 3.72. The summed E-state index contributed by atoms with van der Waals surface area (Å²) in [7, 11) is 0. The second-order valence-electron chi connectivity index (χ2n) is 5.99. The van der Waals surface area contributed by atoms with Crippen LogP contribution in [0.1, 0.15) is 34.3 Å². The molecule has 1 amide bonds. The minimum Gasteiger partial charge on any atom is -0.494 e. The number of carbonyl (C=O) groups excluding carboxylic acids is 1. The van der Waals surface area contributed by atoms with Gasteiger partial charge in [-0.3, -0.25) is 19.7 Å². The van der Waals surface area contributed by atoms with Crippen LogP contribution in [0.15, 0.2) is 42.5 Å². The summed E-state index contributed by atoms with van der Waals surface area (Å²) in [6.45, 7) is 2.27. The zero-order valence-corrected chi connectivity index (χ0v) is 14.8. The van der Waals surface area contributed by atoms with Gasteiger partial charge in [-0.2, -0.15) is 0 Å². The van der Waals surface area contributed by atoms with Crippen molar-refractivity contribution in [3.63, 3.8) is 0 Å². The van der Waals surface area contributed by atoms with E-state index < -0.39 is 16.8 Å². The first kappa shape index (κ1) is 19.9. The molecule has 0 bridgehead atoms. The Labute approximate surface area is 155 Å². The van der Waals surface area contributed by atoms with Crippen molar-refractivity contribution in [1.82, 2.24) is 5.32 Å². The highest BCUT2D eigenvalue weighted by molar-refractivity contribution is 5.95.